The summed E-state index contributed by atoms with van der Waals surface area (Å²) >= 11 is 0. The molecule has 0 aliphatic heterocycles. The molecular formula is C13H17NO2. The third kappa shape index (κ3) is 2.90. The average molecular weight is 219 g/mol. The first-order valence-electron chi connectivity index (χ1n) is 5.49. The van der Waals surface area contributed by atoms with E-state index in [9.17, 15) is 0 Å². The molecule has 0 spiro atoms. The zero-order valence-corrected chi connectivity index (χ0v) is 9.99. The van der Waals surface area contributed by atoms with Crippen LogP contribution in [0.1, 0.15) is 32.4 Å². The van der Waals surface area contributed by atoms with Crippen molar-refractivity contribution in [1.29, 1.82) is 0 Å². The summed E-state index contributed by atoms with van der Waals surface area (Å²) in [4.78, 5) is 3.49. The molecule has 0 fully saturated rings. The molecule has 1 atom stereocenters. The molecule has 3 heteroatoms. The fourth-order valence-electron chi connectivity index (χ4n) is 1.40. The molecule has 0 saturated heterocycles. The van der Waals surface area contributed by atoms with Crippen LogP contribution in [-0.2, 0) is 0 Å². The summed E-state index contributed by atoms with van der Waals surface area (Å²) in [5.41, 5.74) is 0.960. The molecular weight excluding hydrogens is 202 g/mol. The average Bonchev–Trinajstić information content (AvgIpc) is 2.31. The van der Waals surface area contributed by atoms with E-state index in [2.05, 4.69) is 4.85 Å². The van der Waals surface area contributed by atoms with Gasteiger partial charge in [-0.05, 0) is 32.0 Å². The molecule has 0 saturated carbocycles. The molecule has 0 aliphatic carbocycles. The molecule has 0 bridgehead atoms. The highest BCUT2D eigenvalue weighted by Gasteiger charge is 2.12. The largest absolute Gasteiger partial charge is 0.490 e. The first kappa shape index (κ1) is 12.4. The lowest BCUT2D eigenvalue weighted by molar-refractivity contribution is 0.287. The van der Waals surface area contributed by atoms with Crippen LogP contribution >= 0.6 is 0 Å². The van der Waals surface area contributed by atoms with Crippen molar-refractivity contribution in [2.24, 2.45) is 0 Å². The minimum Gasteiger partial charge on any atom is -0.490 e. The van der Waals surface area contributed by atoms with Crippen LogP contribution in [0.4, 0.5) is 0 Å². The molecule has 0 aliphatic rings. The summed E-state index contributed by atoms with van der Waals surface area (Å²) in [6, 6.07) is 5.52. The number of hydrogen-bond acceptors (Lipinski definition) is 2. The highest BCUT2D eigenvalue weighted by Crippen LogP contribution is 2.31. The fourth-order valence-corrected chi connectivity index (χ4v) is 1.40. The smallest absolute Gasteiger partial charge is 0.246 e. The lowest BCUT2D eigenvalue weighted by atomic mass is 10.1. The van der Waals surface area contributed by atoms with Crippen molar-refractivity contribution in [3.05, 3.63) is 35.2 Å². The monoisotopic (exact) mass is 219 g/mol. The van der Waals surface area contributed by atoms with Gasteiger partial charge in [0, 0.05) is 12.5 Å². The second-order valence-corrected chi connectivity index (χ2v) is 3.38. The van der Waals surface area contributed by atoms with E-state index in [1.165, 1.54) is 0 Å². The molecule has 86 valence electrons. The van der Waals surface area contributed by atoms with E-state index in [-0.39, 0.29) is 6.04 Å². The van der Waals surface area contributed by atoms with E-state index >= 15 is 0 Å². The van der Waals surface area contributed by atoms with Crippen LogP contribution in [0.2, 0.25) is 0 Å². The van der Waals surface area contributed by atoms with Gasteiger partial charge in [0.15, 0.2) is 11.5 Å². The predicted octanol–water partition coefficient (Wildman–Crippen LogP) is 3.46. The highest BCUT2D eigenvalue weighted by atomic mass is 16.5. The third-order valence-corrected chi connectivity index (χ3v) is 2.24. The SMILES string of the molecule is [C-]#[N+]C(C)c1ccc(OCC)c(OCC)c1. The van der Waals surface area contributed by atoms with Gasteiger partial charge in [-0.25, -0.2) is 6.57 Å². The number of ether oxygens (including phenoxy) is 2. The molecule has 0 radical (unpaired) electrons. The maximum absolute atomic E-state index is 7.01. The van der Waals surface area contributed by atoms with E-state index < -0.39 is 0 Å². The Bertz CT molecular complexity index is 382. The van der Waals surface area contributed by atoms with E-state index in [0.717, 1.165) is 17.1 Å². The standard InChI is InChI=1S/C13H17NO2/c1-5-15-12-8-7-11(10(3)14-4)9-13(12)16-6-2/h7-10H,5-6H2,1-3H3. The first-order valence-corrected chi connectivity index (χ1v) is 5.49. The molecule has 0 heterocycles. The van der Waals surface area contributed by atoms with Crippen LogP contribution in [0, 0.1) is 6.57 Å². The Morgan fingerprint density at radius 3 is 2.38 bits per heavy atom. The van der Waals surface area contributed by atoms with Gasteiger partial charge in [0.25, 0.3) is 0 Å². The van der Waals surface area contributed by atoms with E-state index in [0.29, 0.717) is 13.2 Å². The highest BCUT2D eigenvalue weighted by molar-refractivity contribution is 5.44. The zero-order chi connectivity index (χ0) is 12.0. The molecule has 1 aromatic rings. The third-order valence-electron chi connectivity index (χ3n) is 2.24. The van der Waals surface area contributed by atoms with Crippen LogP contribution in [-0.4, -0.2) is 13.2 Å². The predicted molar refractivity (Wildman–Crippen MR) is 63.8 cm³/mol. The maximum Gasteiger partial charge on any atom is 0.246 e. The summed E-state index contributed by atoms with van der Waals surface area (Å²) in [5.74, 6) is 1.46. The Balaban J connectivity index is 3.02. The van der Waals surface area contributed by atoms with Gasteiger partial charge >= 0.3 is 0 Å². The van der Waals surface area contributed by atoms with E-state index in [1.54, 1.807) is 0 Å². The summed E-state index contributed by atoms with van der Waals surface area (Å²) in [7, 11) is 0. The molecule has 1 aromatic carbocycles. The van der Waals surface area contributed by atoms with Gasteiger partial charge in [-0.2, -0.15) is 0 Å². The molecule has 16 heavy (non-hydrogen) atoms. The maximum atomic E-state index is 7.01. The van der Waals surface area contributed by atoms with Crippen LogP contribution in [0.25, 0.3) is 4.85 Å². The van der Waals surface area contributed by atoms with Gasteiger partial charge in [-0.15, -0.1) is 0 Å². The van der Waals surface area contributed by atoms with Gasteiger partial charge < -0.3 is 14.3 Å². The molecule has 1 rings (SSSR count). The second-order valence-electron chi connectivity index (χ2n) is 3.38. The normalized spacial score (nSPS) is 11.6. The summed E-state index contributed by atoms with van der Waals surface area (Å²) < 4.78 is 11.0. The van der Waals surface area contributed by atoms with Crippen LogP contribution < -0.4 is 9.47 Å². The Labute approximate surface area is 96.8 Å². The molecule has 0 amide bonds. The number of rotatable bonds is 5. The van der Waals surface area contributed by atoms with Crippen molar-refractivity contribution in [1.82, 2.24) is 0 Å². The van der Waals surface area contributed by atoms with Crippen LogP contribution in [0.15, 0.2) is 18.2 Å². The van der Waals surface area contributed by atoms with E-state index in [4.69, 9.17) is 16.0 Å². The van der Waals surface area contributed by atoms with Crippen molar-refractivity contribution < 1.29 is 9.47 Å². The van der Waals surface area contributed by atoms with Gasteiger partial charge in [-0.3, -0.25) is 0 Å². The van der Waals surface area contributed by atoms with Crippen LogP contribution in [0.5, 0.6) is 11.5 Å². The number of hydrogen-bond donors (Lipinski definition) is 0. The van der Waals surface area contributed by atoms with E-state index in [1.807, 2.05) is 39.0 Å². The quantitative estimate of drug-likeness (QED) is 0.708. The molecule has 3 nitrogen and oxygen atoms in total. The molecule has 1 unspecified atom stereocenters. The second kappa shape index (κ2) is 6.02. The zero-order valence-electron chi connectivity index (χ0n) is 9.99. The minimum atomic E-state index is -0.144. The molecule has 0 N–H and O–H groups in total. The lowest BCUT2D eigenvalue weighted by Crippen LogP contribution is -1.99. The first-order chi connectivity index (χ1) is 7.72. The Hall–Kier alpha value is -1.69. The van der Waals surface area contributed by atoms with Gasteiger partial charge in [-0.1, -0.05) is 0 Å². The van der Waals surface area contributed by atoms with Crippen LogP contribution in [0.3, 0.4) is 0 Å². The van der Waals surface area contributed by atoms with Gasteiger partial charge in [0.05, 0.1) is 13.2 Å². The topological polar surface area (TPSA) is 22.8 Å². The summed E-state index contributed by atoms with van der Waals surface area (Å²) in [6.07, 6.45) is 0. The Kier molecular flexibility index (Phi) is 4.65. The van der Waals surface area contributed by atoms with Crippen molar-refractivity contribution in [2.75, 3.05) is 13.2 Å². The van der Waals surface area contributed by atoms with Gasteiger partial charge in [0.2, 0.25) is 6.04 Å². The Morgan fingerprint density at radius 2 is 1.81 bits per heavy atom. The summed E-state index contributed by atoms with van der Waals surface area (Å²) in [6.45, 7) is 13.9. The lowest BCUT2D eigenvalue weighted by Gasteiger charge is -2.12. The number of benzene rings is 1. The van der Waals surface area contributed by atoms with Gasteiger partial charge in [0.1, 0.15) is 0 Å². The number of nitrogens with zero attached hydrogens (tertiary/aromatic N) is 1. The van der Waals surface area contributed by atoms with Crippen molar-refractivity contribution in [3.63, 3.8) is 0 Å². The minimum absolute atomic E-state index is 0.144. The Morgan fingerprint density at radius 1 is 1.19 bits per heavy atom. The molecule has 0 aromatic heterocycles. The fraction of sp³-hybridized carbons (Fsp3) is 0.462. The van der Waals surface area contributed by atoms with Crippen molar-refractivity contribution in [2.45, 2.75) is 26.8 Å². The van der Waals surface area contributed by atoms with Crippen molar-refractivity contribution >= 4 is 0 Å². The summed E-state index contributed by atoms with van der Waals surface area (Å²) in [5, 5.41) is 0. The van der Waals surface area contributed by atoms with Crippen molar-refractivity contribution in [3.8, 4) is 11.5 Å².